The molecule has 0 aromatic heterocycles. The first-order chi connectivity index (χ1) is 8.83. The van der Waals surface area contributed by atoms with Crippen molar-refractivity contribution in [2.75, 3.05) is 7.11 Å². The van der Waals surface area contributed by atoms with Gasteiger partial charge in [0.1, 0.15) is 11.2 Å². The molecule has 0 spiro atoms. The van der Waals surface area contributed by atoms with Crippen molar-refractivity contribution in [2.24, 2.45) is 0 Å². The lowest BCUT2D eigenvalue weighted by Crippen LogP contribution is -2.29. The highest BCUT2D eigenvalue weighted by atomic mass is 16.6. The monoisotopic (exact) mass is 262 g/mol. The largest absolute Gasteiger partial charge is 0.466 e. The number of esters is 1. The van der Waals surface area contributed by atoms with E-state index in [1.54, 1.807) is 6.08 Å². The lowest BCUT2D eigenvalue weighted by molar-refractivity contribution is -0.134. The van der Waals surface area contributed by atoms with E-state index in [9.17, 15) is 9.59 Å². The topological polar surface area (TPSA) is 55.9 Å². The van der Waals surface area contributed by atoms with Crippen LogP contribution in [0.5, 0.6) is 0 Å². The zero-order chi connectivity index (χ0) is 14.3. The molecule has 2 rings (SSSR count). The van der Waals surface area contributed by atoms with Gasteiger partial charge in [-0.05, 0) is 44.1 Å². The van der Waals surface area contributed by atoms with Crippen LogP contribution in [0.3, 0.4) is 0 Å². The van der Waals surface area contributed by atoms with Crippen LogP contribution in [0.25, 0.3) is 0 Å². The first-order valence-corrected chi connectivity index (χ1v) is 6.20. The molecule has 1 saturated heterocycles. The molecule has 1 fully saturated rings. The molecule has 2 atom stereocenters. The number of fused-ring (bicyclic) bond motifs is 1. The molecule has 0 bridgehead atoms. The summed E-state index contributed by atoms with van der Waals surface area (Å²) in [5.41, 5.74) is 0.758. The first-order valence-electron chi connectivity index (χ1n) is 6.20. The predicted molar refractivity (Wildman–Crippen MR) is 70.5 cm³/mol. The number of ether oxygens (including phenoxy) is 2. The summed E-state index contributed by atoms with van der Waals surface area (Å²) in [6, 6.07) is 0. The van der Waals surface area contributed by atoms with Gasteiger partial charge in [-0.15, -0.1) is 0 Å². The predicted octanol–water partition coefficient (Wildman–Crippen LogP) is 2.11. The van der Waals surface area contributed by atoms with E-state index < -0.39 is 11.2 Å². The molecule has 1 aliphatic heterocycles. The van der Waals surface area contributed by atoms with E-state index in [-0.39, 0.29) is 11.8 Å². The van der Waals surface area contributed by atoms with Crippen molar-refractivity contribution >= 4 is 11.8 Å². The Balaban J connectivity index is 2.20. The van der Waals surface area contributed by atoms with Crippen LogP contribution in [0.4, 0.5) is 0 Å². The second-order valence-corrected chi connectivity index (χ2v) is 5.28. The van der Waals surface area contributed by atoms with Gasteiger partial charge in [-0.2, -0.15) is 0 Å². The minimum atomic E-state index is -0.494. The van der Waals surface area contributed by atoms with Crippen molar-refractivity contribution in [3.63, 3.8) is 0 Å². The smallest absolute Gasteiger partial charge is 0.330 e. The van der Waals surface area contributed by atoms with Crippen molar-refractivity contribution in [3.05, 3.63) is 35.5 Å². The molecule has 0 amide bonds. The molecule has 1 heterocycles. The standard InChI is InChI=1S/C15H18O4/c1-10(7-13(17)18-4)5-6-15-11(2)8-12(16)9-14(15,3)19-15/h5-8H,9H2,1-4H3/b6-5+,10-7-/t14-,15+/m0/s1. The highest BCUT2D eigenvalue weighted by Crippen LogP contribution is 2.58. The number of rotatable bonds is 3. The maximum atomic E-state index is 11.5. The van der Waals surface area contributed by atoms with Gasteiger partial charge in [-0.3, -0.25) is 4.79 Å². The third-order valence-corrected chi connectivity index (χ3v) is 3.73. The zero-order valence-electron chi connectivity index (χ0n) is 11.6. The van der Waals surface area contributed by atoms with Gasteiger partial charge < -0.3 is 9.47 Å². The summed E-state index contributed by atoms with van der Waals surface area (Å²) in [7, 11) is 1.34. The maximum Gasteiger partial charge on any atom is 0.330 e. The lowest BCUT2D eigenvalue weighted by Gasteiger charge is -2.18. The van der Waals surface area contributed by atoms with Gasteiger partial charge in [0.25, 0.3) is 0 Å². The molecule has 19 heavy (non-hydrogen) atoms. The highest BCUT2D eigenvalue weighted by molar-refractivity contribution is 5.94. The van der Waals surface area contributed by atoms with Crippen LogP contribution in [0.2, 0.25) is 0 Å². The molecule has 0 unspecified atom stereocenters. The van der Waals surface area contributed by atoms with Crippen LogP contribution in [-0.4, -0.2) is 30.1 Å². The van der Waals surface area contributed by atoms with E-state index >= 15 is 0 Å². The third-order valence-electron chi connectivity index (χ3n) is 3.73. The van der Waals surface area contributed by atoms with Crippen LogP contribution in [0.15, 0.2) is 35.5 Å². The van der Waals surface area contributed by atoms with Crippen LogP contribution in [0, 0.1) is 0 Å². The number of hydrogen-bond donors (Lipinski definition) is 0. The summed E-state index contributed by atoms with van der Waals surface area (Å²) < 4.78 is 10.4. The summed E-state index contributed by atoms with van der Waals surface area (Å²) in [6.07, 6.45) is 7.20. The normalized spacial score (nSPS) is 34.0. The maximum absolute atomic E-state index is 11.5. The molecule has 102 valence electrons. The highest BCUT2D eigenvalue weighted by Gasteiger charge is 2.68. The first kappa shape index (κ1) is 13.7. The van der Waals surface area contributed by atoms with Gasteiger partial charge in [-0.1, -0.05) is 6.08 Å². The molecule has 0 aromatic rings. The second kappa shape index (κ2) is 4.46. The fourth-order valence-corrected chi connectivity index (χ4v) is 2.61. The quantitative estimate of drug-likeness (QED) is 0.338. The number of carbonyl (C=O) groups is 2. The minimum Gasteiger partial charge on any atom is -0.466 e. The summed E-state index contributed by atoms with van der Waals surface area (Å²) in [6.45, 7) is 5.65. The average Bonchev–Trinajstić information content (AvgIpc) is 2.93. The van der Waals surface area contributed by atoms with E-state index in [1.807, 2.05) is 32.9 Å². The molecule has 0 saturated carbocycles. The average molecular weight is 262 g/mol. The molecular weight excluding hydrogens is 244 g/mol. The Hall–Kier alpha value is -1.68. The summed E-state index contributed by atoms with van der Waals surface area (Å²) >= 11 is 0. The Morgan fingerprint density at radius 3 is 2.79 bits per heavy atom. The van der Waals surface area contributed by atoms with Crippen molar-refractivity contribution in [2.45, 2.75) is 38.4 Å². The molecule has 0 N–H and O–H groups in total. The Kier molecular flexibility index (Phi) is 3.22. The molecule has 1 aliphatic carbocycles. The van der Waals surface area contributed by atoms with Gasteiger partial charge in [0.15, 0.2) is 5.78 Å². The van der Waals surface area contributed by atoms with Gasteiger partial charge >= 0.3 is 5.97 Å². The van der Waals surface area contributed by atoms with E-state index in [2.05, 4.69) is 4.74 Å². The molecule has 2 aliphatic rings. The van der Waals surface area contributed by atoms with Crippen LogP contribution in [-0.2, 0) is 19.1 Å². The van der Waals surface area contributed by atoms with Crippen LogP contribution < -0.4 is 0 Å². The number of carbonyl (C=O) groups excluding carboxylic acids is 2. The van der Waals surface area contributed by atoms with E-state index in [1.165, 1.54) is 13.2 Å². The minimum absolute atomic E-state index is 0.100. The number of epoxide rings is 1. The lowest BCUT2D eigenvalue weighted by atomic mass is 9.79. The molecular formula is C15H18O4. The second-order valence-electron chi connectivity index (χ2n) is 5.28. The van der Waals surface area contributed by atoms with E-state index in [4.69, 9.17) is 4.74 Å². The fourth-order valence-electron chi connectivity index (χ4n) is 2.61. The van der Waals surface area contributed by atoms with Crippen LogP contribution >= 0.6 is 0 Å². The Morgan fingerprint density at radius 1 is 1.53 bits per heavy atom. The number of hydrogen-bond acceptors (Lipinski definition) is 4. The summed E-state index contributed by atoms with van der Waals surface area (Å²) in [5, 5.41) is 0. The van der Waals surface area contributed by atoms with Crippen LogP contribution in [0.1, 0.15) is 27.2 Å². The molecule has 0 aromatic carbocycles. The summed E-state index contributed by atoms with van der Waals surface area (Å²) in [5.74, 6) is -0.284. The Bertz CT molecular complexity index is 526. The molecule has 4 nitrogen and oxygen atoms in total. The number of ketones is 1. The van der Waals surface area contributed by atoms with Crippen molar-refractivity contribution < 1.29 is 19.1 Å². The zero-order valence-corrected chi connectivity index (χ0v) is 11.6. The van der Waals surface area contributed by atoms with Gasteiger partial charge in [0, 0.05) is 12.5 Å². The summed E-state index contributed by atoms with van der Waals surface area (Å²) in [4.78, 5) is 22.6. The fraction of sp³-hybridized carbons (Fsp3) is 0.467. The van der Waals surface area contributed by atoms with Gasteiger partial charge in [0.2, 0.25) is 0 Å². The molecule has 0 radical (unpaired) electrons. The third kappa shape index (κ3) is 2.28. The van der Waals surface area contributed by atoms with Crippen molar-refractivity contribution in [3.8, 4) is 0 Å². The van der Waals surface area contributed by atoms with E-state index in [0.717, 1.165) is 11.1 Å². The Labute approximate surface area is 112 Å². The van der Waals surface area contributed by atoms with Crippen molar-refractivity contribution in [1.82, 2.24) is 0 Å². The van der Waals surface area contributed by atoms with Crippen molar-refractivity contribution in [1.29, 1.82) is 0 Å². The SMILES string of the molecule is COC(=O)/C=C(C)\C=C\[C@]12O[C@@]1(C)CC(=O)C=C2C. The number of allylic oxidation sites excluding steroid dienone is 3. The number of methoxy groups -OCH3 is 1. The van der Waals surface area contributed by atoms with Gasteiger partial charge in [-0.25, -0.2) is 4.79 Å². The molecule has 4 heteroatoms. The van der Waals surface area contributed by atoms with E-state index in [0.29, 0.717) is 6.42 Å². The van der Waals surface area contributed by atoms with Gasteiger partial charge in [0.05, 0.1) is 7.11 Å². The Morgan fingerprint density at radius 2 is 2.21 bits per heavy atom.